The third-order valence-electron chi connectivity index (χ3n) is 3.45. The van der Waals surface area contributed by atoms with Crippen LogP contribution in [0.4, 0.5) is 5.82 Å². The van der Waals surface area contributed by atoms with Crippen LogP contribution in [-0.2, 0) is 0 Å². The first-order valence-electron chi connectivity index (χ1n) is 6.38. The number of carboxylic acid groups (broad SMARTS) is 1. The Balaban J connectivity index is 1.94. The molecule has 6 heteroatoms. The Kier molecular flexibility index (Phi) is 4.61. The number of aromatic nitrogens is 1. The lowest BCUT2D eigenvalue weighted by atomic mass is 9.97. The largest absolute Gasteiger partial charge is 0.478 e. The molecule has 1 aliphatic rings. The molecule has 0 amide bonds. The molecule has 2 rings (SSSR count). The molecule has 1 aromatic rings. The Labute approximate surface area is 117 Å². The van der Waals surface area contributed by atoms with E-state index in [1.54, 1.807) is 0 Å². The minimum Gasteiger partial charge on any atom is -0.478 e. The van der Waals surface area contributed by atoms with Gasteiger partial charge in [0.25, 0.3) is 0 Å². The molecule has 5 nitrogen and oxygen atoms in total. The van der Waals surface area contributed by atoms with Crippen LogP contribution in [0.1, 0.15) is 23.2 Å². The summed E-state index contributed by atoms with van der Waals surface area (Å²) in [7, 11) is 2.13. The first-order chi connectivity index (χ1) is 9.04. The number of nitrogens with zero attached hydrogens (tertiary/aromatic N) is 2. The van der Waals surface area contributed by atoms with E-state index in [1.807, 2.05) is 0 Å². The molecule has 104 valence electrons. The summed E-state index contributed by atoms with van der Waals surface area (Å²) in [6.45, 7) is 3.02. The third kappa shape index (κ3) is 4.08. The fraction of sp³-hybridized carbons (Fsp3) is 0.538. The van der Waals surface area contributed by atoms with Crippen molar-refractivity contribution in [2.75, 3.05) is 32.0 Å². The highest BCUT2D eigenvalue weighted by atomic mass is 35.5. The van der Waals surface area contributed by atoms with Gasteiger partial charge in [-0.1, -0.05) is 11.6 Å². The van der Waals surface area contributed by atoms with E-state index in [0.717, 1.165) is 32.5 Å². The number of aromatic carboxylic acids is 1. The van der Waals surface area contributed by atoms with Crippen molar-refractivity contribution < 1.29 is 9.90 Å². The standard InChI is InChI=1S/C13H18ClN3O2/c1-17-4-2-9(3-5-17)8-15-12-7-10(13(18)19)6-11(14)16-12/h6-7,9H,2-5,8H2,1H3,(H,15,16)(H,18,19). The average molecular weight is 284 g/mol. The maximum Gasteiger partial charge on any atom is 0.335 e. The van der Waals surface area contributed by atoms with E-state index < -0.39 is 5.97 Å². The number of pyridine rings is 1. The number of carbonyl (C=O) groups is 1. The van der Waals surface area contributed by atoms with Crippen molar-refractivity contribution in [2.24, 2.45) is 5.92 Å². The number of nitrogens with one attached hydrogen (secondary N) is 1. The van der Waals surface area contributed by atoms with Crippen LogP contribution in [0.2, 0.25) is 5.15 Å². The van der Waals surface area contributed by atoms with Crippen molar-refractivity contribution in [3.8, 4) is 0 Å². The van der Waals surface area contributed by atoms with Gasteiger partial charge in [-0.15, -0.1) is 0 Å². The molecule has 0 aliphatic carbocycles. The van der Waals surface area contributed by atoms with E-state index in [4.69, 9.17) is 16.7 Å². The van der Waals surface area contributed by atoms with Crippen molar-refractivity contribution in [1.29, 1.82) is 0 Å². The van der Waals surface area contributed by atoms with Crippen molar-refractivity contribution in [3.63, 3.8) is 0 Å². The summed E-state index contributed by atoms with van der Waals surface area (Å²) in [5.74, 6) is 0.140. The van der Waals surface area contributed by atoms with Crippen LogP contribution in [0, 0.1) is 5.92 Å². The number of rotatable bonds is 4. The first kappa shape index (κ1) is 14.1. The minimum absolute atomic E-state index is 0.158. The van der Waals surface area contributed by atoms with Gasteiger partial charge in [-0.05, 0) is 51.0 Å². The highest BCUT2D eigenvalue weighted by Gasteiger charge is 2.16. The summed E-state index contributed by atoms with van der Waals surface area (Å²) < 4.78 is 0. The number of anilines is 1. The van der Waals surface area contributed by atoms with Crippen LogP contribution < -0.4 is 5.32 Å². The van der Waals surface area contributed by atoms with Crippen LogP contribution in [0.5, 0.6) is 0 Å². The van der Waals surface area contributed by atoms with Crippen LogP contribution in [0.15, 0.2) is 12.1 Å². The predicted octanol–water partition coefficient (Wildman–Crippen LogP) is 2.19. The number of likely N-dealkylation sites (tertiary alicyclic amines) is 1. The second kappa shape index (κ2) is 6.21. The topological polar surface area (TPSA) is 65.5 Å². The molecule has 1 fully saturated rings. The van der Waals surface area contributed by atoms with Gasteiger partial charge < -0.3 is 15.3 Å². The molecule has 2 heterocycles. The number of carboxylic acids is 1. The van der Waals surface area contributed by atoms with E-state index in [-0.39, 0.29) is 10.7 Å². The second-order valence-corrected chi connectivity index (χ2v) is 5.38. The van der Waals surface area contributed by atoms with E-state index in [0.29, 0.717) is 11.7 Å². The van der Waals surface area contributed by atoms with Crippen LogP contribution >= 0.6 is 11.6 Å². The fourth-order valence-corrected chi connectivity index (χ4v) is 2.43. The summed E-state index contributed by atoms with van der Waals surface area (Å²) in [6.07, 6.45) is 2.30. The molecule has 0 unspecified atom stereocenters. The molecule has 0 aromatic carbocycles. The monoisotopic (exact) mass is 283 g/mol. The zero-order chi connectivity index (χ0) is 13.8. The van der Waals surface area contributed by atoms with Crippen molar-refractivity contribution >= 4 is 23.4 Å². The zero-order valence-electron chi connectivity index (χ0n) is 10.9. The average Bonchev–Trinajstić information content (AvgIpc) is 2.37. The Bertz CT molecular complexity index is 459. The molecular weight excluding hydrogens is 266 g/mol. The van der Waals surface area contributed by atoms with Gasteiger partial charge in [-0.25, -0.2) is 9.78 Å². The van der Waals surface area contributed by atoms with Gasteiger partial charge in [0, 0.05) is 6.54 Å². The molecule has 1 saturated heterocycles. The Morgan fingerprint density at radius 1 is 1.53 bits per heavy atom. The maximum atomic E-state index is 10.9. The van der Waals surface area contributed by atoms with E-state index in [9.17, 15) is 4.79 Å². The quantitative estimate of drug-likeness (QED) is 0.829. The summed E-state index contributed by atoms with van der Waals surface area (Å²) in [5.41, 5.74) is 0.158. The van der Waals surface area contributed by atoms with Crippen LogP contribution in [0.25, 0.3) is 0 Å². The Hall–Kier alpha value is -1.33. The highest BCUT2D eigenvalue weighted by molar-refractivity contribution is 6.29. The first-order valence-corrected chi connectivity index (χ1v) is 6.75. The van der Waals surface area contributed by atoms with Gasteiger partial charge >= 0.3 is 5.97 Å². The molecule has 0 atom stereocenters. The lowest BCUT2D eigenvalue weighted by molar-refractivity contribution is 0.0697. The van der Waals surface area contributed by atoms with Crippen molar-refractivity contribution in [1.82, 2.24) is 9.88 Å². The number of hydrogen-bond acceptors (Lipinski definition) is 4. The molecule has 1 aromatic heterocycles. The molecule has 0 radical (unpaired) electrons. The van der Waals surface area contributed by atoms with Gasteiger partial charge in [0.1, 0.15) is 11.0 Å². The van der Waals surface area contributed by atoms with Crippen molar-refractivity contribution in [2.45, 2.75) is 12.8 Å². The molecule has 2 N–H and O–H groups in total. The van der Waals surface area contributed by atoms with Crippen LogP contribution in [-0.4, -0.2) is 47.6 Å². The molecule has 0 bridgehead atoms. The summed E-state index contributed by atoms with van der Waals surface area (Å²) in [5, 5.41) is 12.3. The summed E-state index contributed by atoms with van der Waals surface area (Å²) in [6, 6.07) is 2.87. The van der Waals surface area contributed by atoms with E-state index in [1.165, 1.54) is 12.1 Å². The van der Waals surface area contributed by atoms with Gasteiger partial charge in [-0.2, -0.15) is 0 Å². The predicted molar refractivity (Wildman–Crippen MR) is 74.9 cm³/mol. The van der Waals surface area contributed by atoms with Crippen molar-refractivity contribution in [3.05, 3.63) is 22.8 Å². The summed E-state index contributed by atoms with van der Waals surface area (Å²) >= 11 is 5.81. The Morgan fingerprint density at radius 3 is 2.84 bits per heavy atom. The van der Waals surface area contributed by atoms with Gasteiger partial charge in [0.15, 0.2) is 0 Å². The molecule has 1 aliphatic heterocycles. The third-order valence-corrected chi connectivity index (χ3v) is 3.64. The van der Waals surface area contributed by atoms with Gasteiger partial charge in [0.05, 0.1) is 5.56 Å². The number of hydrogen-bond donors (Lipinski definition) is 2. The molecular formula is C13H18ClN3O2. The molecule has 0 spiro atoms. The van der Waals surface area contributed by atoms with Crippen LogP contribution in [0.3, 0.4) is 0 Å². The summed E-state index contributed by atoms with van der Waals surface area (Å²) in [4.78, 5) is 17.3. The Morgan fingerprint density at radius 2 is 2.21 bits per heavy atom. The maximum absolute atomic E-state index is 10.9. The van der Waals surface area contributed by atoms with E-state index >= 15 is 0 Å². The highest BCUT2D eigenvalue weighted by Crippen LogP contribution is 2.18. The van der Waals surface area contributed by atoms with Gasteiger partial charge in [-0.3, -0.25) is 0 Å². The SMILES string of the molecule is CN1CCC(CNc2cc(C(=O)O)cc(Cl)n2)CC1. The second-order valence-electron chi connectivity index (χ2n) is 5.00. The zero-order valence-corrected chi connectivity index (χ0v) is 11.7. The molecule has 19 heavy (non-hydrogen) atoms. The van der Waals surface area contributed by atoms with E-state index in [2.05, 4.69) is 22.2 Å². The lowest BCUT2D eigenvalue weighted by Gasteiger charge is -2.29. The lowest BCUT2D eigenvalue weighted by Crippen LogP contribution is -2.33. The fourth-order valence-electron chi connectivity index (χ4n) is 2.23. The number of piperidine rings is 1. The minimum atomic E-state index is -0.994. The normalized spacial score (nSPS) is 17.4. The molecule has 0 saturated carbocycles. The smallest absolute Gasteiger partial charge is 0.335 e. The number of halogens is 1. The van der Waals surface area contributed by atoms with Gasteiger partial charge in [0.2, 0.25) is 0 Å².